The molecule has 0 radical (unpaired) electrons. The molecule has 0 fully saturated rings. The SMILES string of the molecule is CSC(SC)=C(C=C(C#N)C#N)c1ccccc1. The molecule has 18 heavy (non-hydrogen) atoms. The topological polar surface area (TPSA) is 47.6 Å². The van der Waals surface area contributed by atoms with Crippen LogP contribution in [0.1, 0.15) is 5.56 Å². The van der Waals surface area contributed by atoms with Gasteiger partial charge in [-0.1, -0.05) is 30.3 Å². The van der Waals surface area contributed by atoms with Crippen LogP contribution < -0.4 is 0 Å². The lowest BCUT2D eigenvalue weighted by molar-refractivity contribution is 1.46. The Morgan fingerprint density at radius 1 is 1.06 bits per heavy atom. The van der Waals surface area contributed by atoms with Gasteiger partial charge in [-0.15, -0.1) is 23.5 Å². The van der Waals surface area contributed by atoms with Crippen molar-refractivity contribution in [3.8, 4) is 12.1 Å². The van der Waals surface area contributed by atoms with E-state index < -0.39 is 0 Å². The van der Waals surface area contributed by atoms with Crippen LogP contribution in [0.4, 0.5) is 0 Å². The van der Waals surface area contributed by atoms with Crippen LogP contribution in [0.15, 0.2) is 46.2 Å². The average molecular weight is 272 g/mol. The summed E-state index contributed by atoms with van der Waals surface area (Å²) in [6.07, 6.45) is 5.62. The molecule has 0 spiro atoms. The van der Waals surface area contributed by atoms with E-state index >= 15 is 0 Å². The lowest BCUT2D eigenvalue weighted by Crippen LogP contribution is -1.86. The van der Waals surface area contributed by atoms with Crippen LogP contribution >= 0.6 is 23.5 Å². The number of hydrogen-bond donors (Lipinski definition) is 0. The van der Waals surface area contributed by atoms with Gasteiger partial charge in [-0.3, -0.25) is 0 Å². The van der Waals surface area contributed by atoms with Gasteiger partial charge in [0.05, 0.1) is 0 Å². The number of nitrogens with zero attached hydrogens (tertiary/aromatic N) is 2. The van der Waals surface area contributed by atoms with Crippen molar-refractivity contribution in [2.45, 2.75) is 0 Å². The molecule has 0 bridgehead atoms. The highest BCUT2D eigenvalue weighted by molar-refractivity contribution is 8.21. The molecular formula is C14H12N2S2. The monoisotopic (exact) mass is 272 g/mol. The lowest BCUT2D eigenvalue weighted by Gasteiger charge is -2.08. The Labute approximate surface area is 116 Å². The Morgan fingerprint density at radius 2 is 1.61 bits per heavy atom. The van der Waals surface area contributed by atoms with Gasteiger partial charge >= 0.3 is 0 Å². The van der Waals surface area contributed by atoms with Gasteiger partial charge in [0.1, 0.15) is 17.7 Å². The molecule has 1 rings (SSSR count). The fourth-order valence-corrected chi connectivity index (χ4v) is 2.88. The molecule has 0 atom stereocenters. The predicted molar refractivity (Wildman–Crippen MR) is 79.7 cm³/mol. The number of allylic oxidation sites excluding steroid dienone is 3. The van der Waals surface area contributed by atoms with E-state index in [9.17, 15) is 0 Å². The van der Waals surface area contributed by atoms with E-state index in [0.717, 1.165) is 15.4 Å². The van der Waals surface area contributed by atoms with Gasteiger partial charge in [-0.2, -0.15) is 10.5 Å². The van der Waals surface area contributed by atoms with Crippen LogP contribution in [0.3, 0.4) is 0 Å². The van der Waals surface area contributed by atoms with Gasteiger partial charge in [-0.25, -0.2) is 0 Å². The maximum Gasteiger partial charge on any atom is 0.130 e. The van der Waals surface area contributed by atoms with Crippen LogP contribution in [0.2, 0.25) is 0 Å². The summed E-state index contributed by atoms with van der Waals surface area (Å²) in [5.74, 6) is 0. The first-order chi connectivity index (χ1) is 8.76. The summed E-state index contributed by atoms with van der Waals surface area (Å²) in [7, 11) is 0. The summed E-state index contributed by atoms with van der Waals surface area (Å²) in [6, 6.07) is 13.6. The third kappa shape index (κ3) is 3.70. The number of rotatable bonds is 4. The number of hydrogen-bond acceptors (Lipinski definition) is 4. The molecule has 0 aliphatic carbocycles. The number of thioether (sulfide) groups is 2. The molecule has 90 valence electrons. The third-order valence-corrected chi connectivity index (χ3v) is 4.39. The zero-order valence-corrected chi connectivity index (χ0v) is 11.8. The molecule has 0 saturated carbocycles. The summed E-state index contributed by atoms with van der Waals surface area (Å²) < 4.78 is 1.09. The van der Waals surface area contributed by atoms with Gasteiger partial charge in [0, 0.05) is 9.81 Å². The van der Waals surface area contributed by atoms with E-state index in [2.05, 4.69) is 0 Å². The Bertz CT molecular complexity index is 523. The van der Waals surface area contributed by atoms with E-state index in [-0.39, 0.29) is 5.57 Å². The molecule has 0 N–H and O–H groups in total. The van der Waals surface area contributed by atoms with E-state index in [1.807, 2.05) is 55.0 Å². The van der Waals surface area contributed by atoms with E-state index in [4.69, 9.17) is 10.5 Å². The standard InChI is InChI=1S/C14H12N2S2/c1-17-14(18-2)13(8-11(9-15)10-16)12-6-4-3-5-7-12/h3-8H,1-2H3. The molecular weight excluding hydrogens is 260 g/mol. The smallest absolute Gasteiger partial charge is 0.130 e. The van der Waals surface area contributed by atoms with Crippen molar-refractivity contribution in [2.75, 3.05) is 12.5 Å². The molecule has 4 heteroatoms. The highest BCUT2D eigenvalue weighted by Gasteiger charge is 2.07. The minimum atomic E-state index is 0.120. The van der Waals surface area contributed by atoms with Gasteiger partial charge in [-0.05, 0) is 24.2 Å². The molecule has 2 nitrogen and oxygen atoms in total. The van der Waals surface area contributed by atoms with Crippen LogP contribution in [-0.2, 0) is 0 Å². The Kier molecular flexibility index (Phi) is 6.14. The first-order valence-electron chi connectivity index (χ1n) is 5.16. The summed E-state index contributed by atoms with van der Waals surface area (Å²) >= 11 is 3.23. The molecule has 0 aromatic heterocycles. The first-order valence-corrected chi connectivity index (χ1v) is 7.61. The largest absolute Gasteiger partial charge is 0.192 e. The molecule has 1 aromatic carbocycles. The van der Waals surface area contributed by atoms with Crippen molar-refractivity contribution in [1.82, 2.24) is 0 Å². The maximum atomic E-state index is 8.87. The zero-order chi connectivity index (χ0) is 13.4. The first kappa shape index (κ1) is 14.4. The predicted octanol–water partition coefficient (Wildman–Crippen LogP) is 4.05. The highest BCUT2D eigenvalue weighted by Crippen LogP contribution is 2.34. The zero-order valence-electron chi connectivity index (χ0n) is 10.2. The van der Waals surface area contributed by atoms with Crippen molar-refractivity contribution in [2.24, 2.45) is 0 Å². The highest BCUT2D eigenvalue weighted by atomic mass is 32.2. The van der Waals surface area contributed by atoms with Crippen molar-refractivity contribution in [1.29, 1.82) is 10.5 Å². The molecule has 0 amide bonds. The second kappa shape index (κ2) is 7.66. The van der Waals surface area contributed by atoms with Crippen LogP contribution in [0.5, 0.6) is 0 Å². The fraction of sp³-hybridized carbons (Fsp3) is 0.143. The van der Waals surface area contributed by atoms with Gasteiger partial charge in [0.25, 0.3) is 0 Å². The Hall–Kier alpha value is -1.62. The second-order valence-corrected chi connectivity index (χ2v) is 5.15. The molecule has 0 aliphatic heterocycles. The molecule has 0 heterocycles. The molecule has 0 unspecified atom stereocenters. The molecule has 0 saturated heterocycles. The van der Waals surface area contributed by atoms with Gasteiger partial charge in [0.15, 0.2) is 0 Å². The van der Waals surface area contributed by atoms with Crippen LogP contribution in [0, 0.1) is 22.7 Å². The lowest BCUT2D eigenvalue weighted by atomic mass is 10.1. The maximum absolute atomic E-state index is 8.87. The fourth-order valence-electron chi connectivity index (χ4n) is 1.41. The summed E-state index contributed by atoms with van der Waals surface area (Å²) in [5, 5.41) is 17.7. The summed E-state index contributed by atoms with van der Waals surface area (Å²) in [5.41, 5.74) is 2.06. The number of nitriles is 2. The van der Waals surface area contributed by atoms with Crippen molar-refractivity contribution >= 4 is 29.1 Å². The normalized spacial score (nSPS) is 8.89. The van der Waals surface area contributed by atoms with Crippen LogP contribution in [0.25, 0.3) is 5.57 Å². The van der Waals surface area contributed by atoms with E-state index in [1.165, 1.54) is 0 Å². The summed E-state index contributed by atoms with van der Waals surface area (Å²) in [4.78, 5) is 0. The third-order valence-electron chi connectivity index (χ3n) is 2.21. The Balaban J connectivity index is 3.40. The summed E-state index contributed by atoms with van der Waals surface area (Å²) in [6.45, 7) is 0. The van der Waals surface area contributed by atoms with Gasteiger partial charge in [0.2, 0.25) is 0 Å². The molecule has 1 aromatic rings. The van der Waals surface area contributed by atoms with Crippen LogP contribution in [-0.4, -0.2) is 12.5 Å². The number of benzene rings is 1. The van der Waals surface area contributed by atoms with Gasteiger partial charge < -0.3 is 0 Å². The Morgan fingerprint density at radius 3 is 2.06 bits per heavy atom. The van der Waals surface area contributed by atoms with E-state index in [1.54, 1.807) is 29.6 Å². The van der Waals surface area contributed by atoms with Crippen molar-refractivity contribution in [3.05, 3.63) is 51.8 Å². The van der Waals surface area contributed by atoms with E-state index in [0.29, 0.717) is 0 Å². The van der Waals surface area contributed by atoms with Crippen molar-refractivity contribution < 1.29 is 0 Å². The quantitative estimate of drug-likeness (QED) is 0.612. The minimum Gasteiger partial charge on any atom is -0.192 e. The van der Waals surface area contributed by atoms with Crippen molar-refractivity contribution in [3.63, 3.8) is 0 Å². The average Bonchev–Trinajstić information content (AvgIpc) is 2.44. The molecule has 0 aliphatic rings. The minimum absolute atomic E-state index is 0.120. The second-order valence-electron chi connectivity index (χ2n) is 3.26.